The third-order valence-corrected chi connectivity index (χ3v) is 5.11. The first-order valence-corrected chi connectivity index (χ1v) is 9.74. The molecule has 1 aliphatic heterocycles. The van der Waals surface area contributed by atoms with Gasteiger partial charge in [-0.05, 0) is 47.7 Å². The molecule has 0 atom stereocenters. The molecule has 0 spiro atoms. The molecule has 0 unspecified atom stereocenters. The molecule has 142 valence electrons. The van der Waals surface area contributed by atoms with E-state index in [1.807, 2.05) is 41.3 Å². The summed E-state index contributed by atoms with van der Waals surface area (Å²) in [6.07, 6.45) is 3.29. The number of amides is 1. The molecule has 0 radical (unpaired) electrons. The predicted molar refractivity (Wildman–Crippen MR) is 111 cm³/mol. The van der Waals surface area contributed by atoms with Crippen LogP contribution in [-0.2, 0) is 19.4 Å². The Morgan fingerprint density at radius 3 is 2.82 bits per heavy atom. The zero-order chi connectivity index (χ0) is 19.3. The van der Waals surface area contributed by atoms with Gasteiger partial charge in [0.2, 0.25) is 5.95 Å². The first-order valence-electron chi connectivity index (χ1n) is 9.36. The summed E-state index contributed by atoms with van der Waals surface area (Å²) < 4.78 is 0. The number of nitrogens with one attached hydrogen (secondary N) is 1. The fraction of sp³-hybridized carbons (Fsp3) is 0.227. The van der Waals surface area contributed by atoms with Crippen LogP contribution in [0.1, 0.15) is 27.2 Å². The molecule has 5 nitrogen and oxygen atoms in total. The zero-order valence-electron chi connectivity index (χ0n) is 15.4. The molecule has 0 fully saturated rings. The van der Waals surface area contributed by atoms with Crippen molar-refractivity contribution >= 4 is 23.5 Å². The van der Waals surface area contributed by atoms with Gasteiger partial charge in [-0.1, -0.05) is 48.0 Å². The van der Waals surface area contributed by atoms with Crippen LogP contribution >= 0.6 is 11.6 Å². The van der Waals surface area contributed by atoms with Gasteiger partial charge in [0, 0.05) is 30.9 Å². The van der Waals surface area contributed by atoms with Crippen LogP contribution in [-0.4, -0.2) is 33.9 Å². The first kappa shape index (κ1) is 18.4. The van der Waals surface area contributed by atoms with Gasteiger partial charge in [-0.2, -0.15) is 0 Å². The number of hydrogen-bond acceptors (Lipinski definition) is 4. The Kier molecular flexibility index (Phi) is 5.53. The van der Waals surface area contributed by atoms with Crippen molar-refractivity contribution in [2.24, 2.45) is 0 Å². The quantitative estimate of drug-likeness (QED) is 0.713. The van der Waals surface area contributed by atoms with Crippen LogP contribution in [0.5, 0.6) is 0 Å². The number of nitrogens with zero attached hydrogens (tertiary/aromatic N) is 3. The number of carbonyl (C=O) groups excluding carboxylic acids is 1. The topological polar surface area (TPSA) is 58.1 Å². The molecular formula is C22H21ClN4O. The van der Waals surface area contributed by atoms with Gasteiger partial charge in [0.15, 0.2) is 0 Å². The number of halogens is 1. The lowest BCUT2D eigenvalue weighted by atomic mass is 10.00. The second-order valence-electron chi connectivity index (χ2n) is 6.82. The van der Waals surface area contributed by atoms with E-state index in [9.17, 15) is 4.79 Å². The Balaban J connectivity index is 1.39. The molecule has 1 N–H and O–H groups in total. The summed E-state index contributed by atoms with van der Waals surface area (Å²) in [7, 11) is 0. The van der Waals surface area contributed by atoms with Gasteiger partial charge in [-0.3, -0.25) is 4.79 Å². The van der Waals surface area contributed by atoms with Crippen LogP contribution in [0.15, 0.2) is 60.8 Å². The lowest BCUT2D eigenvalue weighted by molar-refractivity contribution is 0.0728. The number of hydrogen-bond donors (Lipinski definition) is 1. The molecule has 2 heterocycles. The predicted octanol–water partition coefficient (Wildman–Crippen LogP) is 3.98. The molecule has 6 heteroatoms. The van der Waals surface area contributed by atoms with Crippen LogP contribution in [0.3, 0.4) is 0 Å². The molecule has 2 aromatic carbocycles. The third-order valence-electron chi connectivity index (χ3n) is 4.88. The Morgan fingerprint density at radius 2 is 1.96 bits per heavy atom. The van der Waals surface area contributed by atoms with Crippen molar-refractivity contribution in [2.75, 3.05) is 18.4 Å². The van der Waals surface area contributed by atoms with Gasteiger partial charge in [-0.25, -0.2) is 9.97 Å². The van der Waals surface area contributed by atoms with E-state index in [0.717, 1.165) is 23.4 Å². The summed E-state index contributed by atoms with van der Waals surface area (Å²) in [5, 5.41) is 3.92. The van der Waals surface area contributed by atoms with Crippen molar-refractivity contribution < 1.29 is 4.79 Å². The number of rotatable bonds is 5. The van der Waals surface area contributed by atoms with Gasteiger partial charge in [0.05, 0.1) is 0 Å². The molecule has 3 aromatic rings. The summed E-state index contributed by atoms with van der Waals surface area (Å²) >= 11 is 6.01. The van der Waals surface area contributed by atoms with Crippen LogP contribution in [0.2, 0.25) is 5.02 Å². The van der Waals surface area contributed by atoms with Crippen LogP contribution in [0.25, 0.3) is 0 Å². The highest BCUT2D eigenvalue weighted by Crippen LogP contribution is 2.20. The van der Waals surface area contributed by atoms with Crippen LogP contribution in [0, 0.1) is 0 Å². The molecule has 0 saturated carbocycles. The van der Waals surface area contributed by atoms with Gasteiger partial charge in [-0.15, -0.1) is 0 Å². The second-order valence-corrected chi connectivity index (χ2v) is 7.25. The lowest BCUT2D eigenvalue weighted by Crippen LogP contribution is -2.36. The maximum absolute atomic E-state index is 12.9. The minimum absolute atomic E-state index is 0.0604. The molecule has 28 heavy (non-hydrogen) atoms. The van der Waals surface area contributed by atoms with Crippen molar-refractivity contribution in [3.05, 3.63) is 88.2 Å². The molecule has 1 aliphatic rings. The minimum atomic E-state index is -0.0604. The highest BCUT2D eigenvalue weighted by molar-refractivity contribution is 6.30. The van der Waals surface area contributed by atoms with Gasteiger partial charge < -0.3 is 10.2 Å². The standard InChI is InChI=1S/C22H21ClN4O/c23-19-7-3-4-16(14-19)8-11-24-22-25-12-9-20(26-22)21(28)27-13-10-17-5-1-2-6-18(17)15-27/h1-7,9,12,14H,8,10-11,13,15H2,(H,24,25,26). The van der Waals surface area contributed by atoms with E-state index in [2.05, 4.69) is 27.4 Å². The smallest absolute Gasteiger partial charge is 0.272 e. The fourth-order valence-electron chi connectivity index (χ4n) is 3.41. The monoisotopic (exact) mass is 392 g/mol. The molecule has 0 saturated heterocycles. The molecule has 1 amide bonds. The van der Waals surface area contributed by atoms with E-state index < -0.39 is 0 Å². The summed E-state index contributed by atoms with van der Waals surface area (Å²) in [5.41, 5.74) is 4.08. The molecule has 1 aromatic heterocycles. The molecule has 0 aliphatic carbocycles. The van der Waals surface area contributed by atoms with Crippen molar-refractivity contribution in [2.45, 2.75) is 19.4 Å². The van der Waals surface area contributed by atoms with Crippen molar-refractivity contribution in [1.82, 2.24) is 14.9 Å². The number of carbonyl (C=O) groups is 1. The van der Waals surface area contributed by atoms with E-state index >= 15 is 0 Å². The van der Waals surface area contributed by atoms with E-state index in [1.54, 1.807) is 12.3 Å². The second kappa shape index (κ2) is 8.40. The number of anilines is 1. The largest absolute Gasteiger partial charge is 0.354 e. The van der Waals surface area contributed by atoms with Crippen LogP contribution in [0.4, 0.5) is 5.95 Å². The summed E-state index contributed by atoms with van der Waals surface area (Å²) in [4.78, 5) is 23.4. The van der Waals surface area contributed by atoms with E-state index in [0.29, 0.717) is 31.3 Å². The Hall–Kier alpha value is -2.92. The van der Waals surface area contributed by atoms with E-state index in [4.69, 9.17) is 11.6 Å². The lowest BCUT2D eigenvalue weighted by Gasteiger charge is -2.28. The summed E-state index contributed by atoms with van der Waals surface area (Å²) in [6.45, 7) is 1.99. The van der Waals surface area contributed by atoms with Gasteiger partial charge in [0.1, 0.15) is 5.69 Å². The Labute approximate surface area is 169 Å². The first-order chi connectivity index (χ1) is 13.7. The number of fused-ring (bicyclic) bond motifs is 1. The third kappa shape index (κ3) is 4.31. The zero-order valence-corrected chi connectivity index (χ0v) is 16.2. The number of benzene rings is 2. The van der Waals surface area contributed by atoms with Gasteiger partial charge >= 0.3 is 0 Å². The Morgan fingerprint density at radius 1 is 1.11 bits per heavy atom. The molecule has 4 rings (SSSR count). The molecular weight excluding hydrogens is 372 g/mol. The summed E-state index contributed by atoms with van der Waals surface area (Å²) in [6, 6.07) is 17.7. The Bertz CT molecular complexity index is 992. The highest BCUT2D eigenvalue weighted by atomic mass is 35.5. The highest BCUT2D eigenvalue weighted by Gasteiger charge is 2.22. The number of aromatic nitrogens is 2. The van der Waals surface area contributed by atoms with Crippen molar-refractivity contribution in [1.29, 1.82) is 0 Å². The average molecular weight is 393 g/mol. The maximum atomic E-state index is 12.9. The van der Waals surface area contributed by atoms with Crippen LogP contribution < -0.4 is 5.32 Å². The SMILES string of the molecule is O=C(c1ccnc(NCCc2cccc(Cl)c2)n1)N1CCc2ccccc2C1. The summed E-state index contributed by atoms with van der Waals surface area (Å²) in [5.74, 6) is 0.403. The normalized spacial score (nSPS) is 13.1. The average Bonchev–Trinajstić information content (AvgIpc) is 2.73. The van der Waals surface area contributed by atoms with E-state index in [-0.39, 0.29) is 5.91 Å². The fourth-order valence-corrected chi connectivity index (χ4v) is 3.62. The maximum Gasteiger partial charge on any atom is 0.272 e. The van der Waals surface area contributed by atoms with Gasteiger partial charge in [0.25, 0.3) is 5.91 Å². The van der Waals surface area contributed by atoms with E-state index in [1.165, 1.54) is 11.1 Å². The molecule has 0 bridgehead atoms. The minimum Gasteiger partial charge on any atom is -0.354 e. The van der Waals surface area contributed by atoms with Crippen molar-refractivity contribution in [3.8, 4) is 0 Å². The van der Waals surface area contributed by atoms with Crippen molar-refractivity contribution in [3.63, 3.8) is 0 Å².